The van der Waals surface area contributed by atoms with Crippen LogP contribution in [0.4, 0.5) is 0 Å². The molecule has 1 fully saturated rings. The Bertz CT molecular complexity index is 286. The standard InChI is InChI=1S/C12H23NO3/c1-7-15-9(14)12(13-6)8-10(2,3)16-11(12,4)5/h13H,7-8H2,1-6H3. The molecule has 0 spiro atoms. The quantitative estimate of drug-likeness (QED) is 0.745. The van der Waals surface area contributed by atoms with E-state index in [9.17, 15) is 4.79 Å². The van der Waals surface area contributed by atoms with Crippen LogP contribution >= 0.6 is 0 Å². The van der Waals surface area contributed by atoms with Gasteiger partial charge in [0.2, 0.25) is 0 Å². The Hall–Kier alpha value is -0.610. The van der Waals surface area contributed by atoms with Crippen LogP contribution in [0.25, 0.3) is 0 Å². The number of ether oxygens (including phenoxy) is 2. The van der Waals surface area contributed by atoms with Crippen LogP contribution in [-0.2, 0) is 14.3 Å². The van der Waals surface area contributed by atoms with Crippen molar-refractivity contribution in [2.45, 2.75) is 57.8 Å². The second-order valence-corrected chi connectivity index (χ2v) is 5.42. The summed E-state index contributed by atoms with van der Waals surface area (Å²) in [6, 6.07) is 0. The first-order valence-corrected chi connectivity index (χ1v) is 5.77. The lowest BCUT2D eigenvalue weighted by Crippen LogP contribution is -2.62. The Morgan fingerprint density at radius 1 is 1.38 bits per heavy atom. The fraction of sp³-hybridized carbons (Fsp3) is 0.917. The first kappa shape index (κ1) is 13.5. The van der Waals surface area contributed by atoms with E-state index in [0.717, 1.165) is 0 Å². The van der Waals surface area contributed by atoms with Crippen molar-refractivity contribution in [1.82, 2.24) is 5.32 Å². The fourth-order valence-electron chi connectivity index (χ4n) is 2.73. The molecule has 94 valence electrons. The van der Waals surface area contributed by atoms with Gasteiger partial charge in [-0.1, -0.05) is 0 Å². The molecule has 1 aliphatic rings. The summed E-state index contributed by atoms with van der Waals surface area (Å²) in [5.41, 5.74) is -1.65. The number of hydrogen-bond donors (Lipinski definition) is 1. The van der Waals surface area contributed by atoms with E-state index in [-0.39, 0.29) is 11.6 Å². The molecule has 1 aliphatic heterocycles. The van der Waals surface area contributed by atoms with Crippen LogP contribution in [0.5, 0.6) is 0 Å². The lowest BCUT2D eigenvalue weighted by molar-refractivity contribution is -0.159. The molecule has 1 unspecified atom stereocenters. The van der Waals surface area contributed by atoms with Gasteiger partial charge in [0.15, 0.2) is 0 Å². The lowest BCUT2D eigenvalue weighted by Gasteiger charge is -2.36. The van der Waals surface area contributed by atoms with Gasteiger partial charge in [-0.3, -0.25) is 0 Å². The molecule has 16 heavy (non-hydrogen) atoms. The summed E-state index contributed by atoms with van der Waals surface area (Å²) in [5.74, 6) is -0.229. The molecule has 1 N–H and O–H groups in total. The topological polar surface area (TPSA) is 47.6 Å². The first-order chi connectivity index (χ1) is 7.21. The van der Waals surface area contributed by atoms with Gasteiger partial charge < -0.3 is 14.8 Å². The minimum Gasteiger partial charge on any atom is -0.465 e. The predicted octanol–water partition coefficient (Wildman–Crippen LogP) is 1.49. The lowest BCUT2D eigenvalue weighted by atomic mass is 9.79. The molecule has 0 aromatic heterocycles. The number of hydrogen-bond acceptors (Lipinski definition) is 4. The highest BCUT2D eigenvalue weighted by molar-refractivity contribution is 5.83. The molecule has 4 heteroatoms. The van der Waals surface area contributed by atoms with Crippen LogP contribution in [0.3, 0.4) is 0 Å². The second kappa shape index (κ2) is 4.00. The van der Waals surface area contributed by atoms with Gasteiger partial charge in [0.05, 0.1) is 17.8 Å². The molecule has 1 atom stereocenters. The Labute approximate surface area is 97.7 Å². The van der Waals surface area contributed by atoms with Crippen molar-refractivity contribution >= 4 is 5.97 Å². The smallest absolute Gasteiger partial charge is 0.329 e. The maximum absolute atomic E-state index is 12.1. The van der Waals surface area contributed by atoms with E-state index >= 15 is 0 Å². The highest BCUT2D eigenvalue weighted by Gasteiger charge is 2.61. The number of rotatable bonds is 3. The van der Waals surface area contributed by atoms with Gasteiger partial charge in [-0.15, -0.1) is 0 Å². The van der Waals surface area contributed by atoms with Crippen molar-refractivity contribution in [2.75, 3.05) is 13.7 Å². The van der Waals surface area contributed by atoms with Gasteiger partial charge >= 0.3 is 5.97 Å². The summed E-state index contributed by atoms with van der Waals surface area (Å²) in [5, 5.41) is 3.11. The van der Waals surface area contributed by atoms with Crippen LogP contribution < -0.4 is 5.32 Å². The van der Waals surface area contributed by atoms with Gasteiger partial charge in [0, 0.05) is 6.42 Å². The summed E-state index contributed by atoms with van der Waals surface area (Å²) >= 11 is 0. The van der Waals surface area contributed by atoms with E-state index in [1.807, 2.05) is 34.6 Å². The minimum absolute atomic E-state index is 0.229. The van der Waals surface area contributed by atoms with Crippen molar-refractivity contribution in [2.24, 2.45) is 0 Å². The van der Waals surface area contributed by atoms with Crippen LogP contribution in [0.15, 0.2) is 0 Å². The molecule has 0 amide bonds. The van der Waals surface area contributed by atoms with Gasteiger partial charge in [0.1, 0.15) is 5.54 Å². The second-order valence-electron chi connectivity index (χ2n) is 5.42. The van der Waals surface area contributed by atoms with E-state index in [0.29, 0.717) is 13.0 Å². The van der Waals surface area contributed by atoms with E-state index in [1.165, 1.54) is 0 Å². The molecule has 0 saturated carbocycles. The number of likely N-dealkylation sites (N-methyl/N-ethyl adjacent to an activating group) is 1. The van der Waals surface area contributed by atoms with Crippen LogP contribution in [0.2, 0.25) is 0 Å². The molecule has 4 nitrogen and oxygen atoms in total. The highest BCUT2D eigenvalue weighted by atomic mass is 16.6. The number of carbonyl (C=O) groups is 1. The number of nitrogens with one attached hydrogen (secondary N) is 1. The highest BCUT2D eigenvalue weighted by Crippen LogP contribution is 2.45. The summed E-state index contributed by atoms with van der Waals surface area (Å²) in [6.07, 6.45) is 0.613. The van der Waals surface area contributed by atoms with Gasteiger partial charge in [-0.25, -0.2) is 4.79 Å². The fourth-order valence-corrected chi connectivity index (χ4v) is 2.73. The van der Waals surface area contributed by atoms with Crippen LogP contribution in [0.1, 0.15) is 41.0 Å². The Morgan fingerprint density at radius 3 is 2.25 bits per heavy atom. The van der Waals surface area contributed by atoms with Crippen molar-refractivity contribution in [3.63, 3.8) is 0 Å². The summed E-state index contributed by atoms with van der Waals surface area (Å²) in [6.45, 7) is 10.0. The van der Waals surface area contributed by atoms with Crippen LogP contribution in [-0.4, -0.2) is 36.4 Å². The van der Waals surface area contributed by atoms with Crippen molar-refractivity contribution in [1.29, 1.82) is 0 Å². The molecular formula is C12H23NO3. The van der Waals surface area contributed by atoms with Crippen molar-refractivity contribution < 1.29 is 14.3 Å². The van der Waals surface area contributed by atoms with E-state index < -0.39 is 11.1 Å². The maximum Gasteiger partial charge on any atom is 0.329 e. The zero-order valence-corrected chi connectivity index (χ0v) is 11.1. The van der Waals surface area contributed by atoms with Crippen molar-refractivity contribution in [3.8, 4) is 0 Å². The van der Waals surface area contributed by atoms with Gasteiger partial charge in [-0.05, 0) is 41.7 Å². The first-order valence-electron chi connectivity index (χ1n) is 5.77. The monoisotopic (exact) mass is 229 g/mol. The summed E-state index contributed by atoms with van der Waals surface area (Å²) < 4.78 is 11.1. The Morgan fingerprint density at radius 2 is 1.94 bits per heavy atom. The average Bonchev–Trinajstić information content (AvgIpc) is 2.31. The zero-order chi connectivity index (χ0) is 12.6. The van der Waals surface area contributed by atoms with Gasteiger partial charge in [-0.2, -0.15) is 0 Å². The Balaban J connectivity index is 3.08. The Kier molecular flexibility index (Phi) is 3.37. The molecule has 0 bridgehead atoms. The largest absolute Gasteiger partial charge is 0.465 e. The molecule has 0 aliphatic carbocycles. The number of carbonyl (C=O) groups excluding carboxylic acids is 1. The predicted molar refractivity (Wildman–Crippen MR) is 62.3 cm³/mol. The third kappa shape index (κ3) is 1.96. The molecule has 0 radical (unpaired) electrons. The van der Waals surface area contributed by atoms with Crippen LogP contribution in [0, 0.1) is 0 Å². The molecule has 0 aromatic carbocycles. The molecule has 1 heterocycles. The van der Waals surface area contributed by atoms with Crippen molar-refractivity contribution in [3.05, 3.63) is 0 Å². The maximum atomic E-state index is 12.1. The number of esters is 1. The molecule has 1 saturated heterocycles. The molecule has 0 aromatic rings. The van der Waals surface area contributed by atoms with E-state index in [1.54, 1.807) is 7.05 Å². The summed E-state index contributed by atoms with van der Waals surface area (Å²) in [7, 11) is 1.78. The molecular weight excluding hydrogens is 206 g/mol. The zero-order valence-electron chi connectivity index (χ0n) is 11.1. The minimum atomic E-state index is -0.757. The SMILES string of the molecule is CCOC(=O)C1(NC)CC(C)(C)OC1(C)C. The van der Waals surface area contributed by atoms with E-state index in [2.05, 4.69) is 5.32 Å². The van der Waals surface area contributed by atoms with E-state index in [4.69, 9.17) is 9.47 Å². The summed E-state index contributed by atoms with van der Waals surface area (Å²) in [4.78, 5) is 12.1. The normalized spacial score (nSPS) is 31.4. The average molecular weight is 229 g/mol. The molecule has 1 rings (SSSR count). The van der Waals surface area contributed by atoms with Gasteiger partial charge in [0.25, 0.3) is 0 Å². The third-order valence-corrected chi connectivity index (χ3v) is 3.30. The third-order valence-electron chi connectivity index (χ3n) is 3.30.